The number of nitrogens with zero attached hydrogens (tertiary/aromatic N) is 2. The fraction of sp³-hybridized carbons (Fsp3) is 0.412. The van der Waals surface area contributed by atoms with Gasteiger partial charge in [-0.25, -0.2) is 0 Å². The fourth-order valence-electron chi connectivity index (χ4n) is 7.24. The second kappa shape index (κ2) is 12.9. The number of hydrogen-bond donors (Lipinski definition) is 2. The van der Waals surface area contributed by atoms with Gasteiger partial charge < -0.3 is 29.7 Å². The van der Waals surface area contributed by atoms with E-state index in [0.717, 1.165) is 5.56 Å². The van der Waals surface area contributed by atoms with Gasteiger partial charge in [-0.15, -0.1) is 0 Å². The summed E-state index contributed by atoms with van der Waals surface area (Å²) in [7, 11) is 0. The van der Waals surface area contributed by atoms with Crippen molar-refractivity contribution in [3.63, 3.8) is 0 Å². The first-order valence-corrected chi connectivity index (χ1v) is 16.5. The Bertz CT molecular complexity index is 1600. The molecule has 2 N–H and O–H groups in total. The van der Waals surface area contributed by atoms with Gasteiger partial charge >= 0.3 is 5.97 Å². The van der Waals surface area contributed by atoms with Crippen LogP contribution in [0.4, 0.5) is 5.69 Å². The lowest BCUT2D eigenvalue weighted by Crippen LogP contribution is -2.56. The zero-order valence-electron chi connectivity index (χ0n) is 25.4. The van der Waals surface area contributed by atoms with Crippen LogP contribution in [0, 0.1) is 18.8 Å². The summed E-state index contributed by atoms with van der Waals surface area (Å²) in [6.45, 7) is 3.15. The summed E-state index contributed by atoms with van der Waals surface area (Å²) >= 11 is 10.2. The number of benzene rings is 2. The van der Waals surface area contributed by atoms with Gasteiger partial charge in [-0.1, -0.05) is 82.1 Å². The fourth-order valence-corrected chi connectivity index (χ4v) is 8.30. The van der Waals surface area contributed by atoms with Crippen molar-refractivity contribution in [2.45, 2.75) is 56.6 Å². The van der Waals surface area contributed by atoms with Crippen LogP contribution in [0.15, 0.2) is 71.2 Å². The predicted molar refractivity (Wildman–Crippen MR) is 174 cm³/mol. The highest BCUT2D eigenvalue weighted by Gasteiger charge is 2.75. The quantitative estimate of drug-likeness (QED) is 0.363. The van der Waals surface area contributed by atoms with Gasteiger partial charge in [-0.3, -0.25) is 19.2 Å². The number of aliphatic hydroxyl groups is 1. The Morgan fingerprint density at radius 1 is 1.04 bits per heavy atom. The average Bonchev–Trinajstić information content (AvgIpc) is 3.61. The third-order valence-corrected chi connectivity index (χ3v) is 10.2. The van der Waals surface area contributed by atoms with E-state index >= 15 is 0 Å². The molecule has 10 nitrogen and oxygen atoms in total. The standard InChI is InChI=1S/C34H35BrClN3O7/c1-19-10-9-13-23(36)27(19)38-15-8-4-7-14-24(41)37-20(2)28(21-11-5-3-6-12-21)45-33(44)25-26-31(42)39(16-17-40)30(32(38)43)34(26)18-22(35)29(25)46-34/h3-6,8-13,18,20,25-26,28-30,40H,7,14-17H2,1-2H3,(H,37,41)/b8-4-/t20-,25+,26-,28+,29+,30+,34-/m0/s1. The third-order valence-electron chi connectivity index (χ3n) is 9.20. The minimum Gasteiger partial charge on any atom is -0.455 e. The van der Waals surface area contributed by atoms with Gasteiger partial charge in [0.2, 0.25) is 11.8 Å². The molecule has 242 valence electrons. The van der Waals surface area contributed by atoms with Crippen LogP contribution < -0.4 is 10.2 Å². The maximum atomic E-state index is 14.8. The minimum absolute atomic E-state index is 0.0930. The topological polar surface area (TPSA) is 125 Å². The van der Waals surface area contributed by atoms with Crippen LogP contribution in [0.1, 0.15) is 37.0 Å². The number of cyclic esters (lactones) is 1. The molecular weight excluding hydrogens is 678 g/mol. The predicted octanol–water partition coefficient (Wildman–Crippen LogP) is 3.99. The Balaban J connectivity index is 1.48. The highest BCUT2D eigenvalue weighted by molar-refractivity contribution is 9.11. The number of esters is 1. The van der Waals surface area contributed by atoms with Crippen molar-refractivity contribution in [1.29, 1.82) is 0 Å². The van der Waals surface area contributed by atoms with Crippen molar-refractivity contribution in [3.8, 4) is 0 Å². The van der Waals surface area contributed by atoms with E-state index < -0.39 is 66.1 Å². The molecule has 0 saturated carbocycles. The highest BCUT2D eigenvalue weighted by atomic mass is 79.9. The highest BCUT2D eigenvalue weighted by Crippen LogP contribution is 2.59. The monoisotopic (exact) mass is 711 g/mol. The molecule has 4 heterocycles. The van der Waals surface area contributed by atoms with E-state index in [2.05, 4.69) is 21.2 Å². The summed E-state index contributed by atoms with van der Waals surface area (Å²) in [5.41, 5.74) is 0.372. The van der Waals surface area contributed by atoms with Crippen LogP contribution in [-0.4, -0.2) is 77.2 Å². The van der Waals surface area contributed by atoms with Gasteiger partial charge in [0.1, 0.15) is 29.8 Å². The second-order valence-corrected chi connectivity index (χ2v) is 13.4. The number of halogens is 2. The number of allylic oxidation sites excluding steroid dienone is 1. The van der Waals surface area contributed by atoms with Crippen LogP contribution in [0.2, 0.25) is 5.02 Å². The summed E-state index contributed by atoms with van der Waals surface area (Å²) in [4.78, 5) is 59.1. The molecule has 2 aromatic carbocycles. The molecular formula is C34H35BrClN3O7. The molecule has 4 aliphatic heterocycles. The number of nitrogens with one attached hydrogen (secondary N) is 1. The summed E-state index contributed by atoms with van der Waals surface area (Å²) in [6, 6.07) is 12.6. The molecule has 7 atom stereocenters. The zero-order chi connectivity index (χ0) is 32.7. The van der Waals surface area contributed by atoms with E-state index in [4.69, 9.17) is 21.1 Å². The second-order valence-electron chi connectivity index (χ2n) is 12.1. The van der Waals surface area contributed by atoms with Crippen molar-refractivity contribution < 1.29 is 33.8 Å². The Hall–Kier alpha value is -3.51. The number of hydrogen-bond acceptors (Lipinski definition) is 7. The molecule has 0 aliphatic carbocycles. The first-order chi connectivity index (χ1) is 22.1. The normalized spacial score (nSPS) is 32.2. The van der Waals surface area contributed by atoms with Crippen molar-refractivity contribution in [3.05, 3.63) is 87.4 Å². The molecule has 12 heteroatoms. The zero-order valence-corrected chi connectivity index (χ0v) is 27.7. The molecule has 0 aromatic heterocycles. The number of fused-ring (bicyclic) bond motifs is 2. The van der Waals surface area contributed by atoms with Crippen molar-refractivity contribution in [1.82, 2.24) is 10.2 Å². The van der Waals surface area contributed by atoms with Crippen LogP contribution in [0.3, 0.4) is 0 Å². The van der Waals surface area contributed by atoms with Crippen molar-refractivity contribution in [2.75, 3.05) is 24.6 Å². The van der Waals surface area contributed by atoms with E-state index in [1.54, 1.807) is 31.2 Å². The molecule has 2 fully saturated rings. The summed E-state index contributed by atoms with van der Waals surface area (Å²) in [5, 5.41) is 13.3. The number of anilines is 1. The SMILES string of the molecule is Cc1cccc(Cl)c1N1C/C=C\CCC(=O)N[C@@H](C)[C@H](c2ccccc2)OC(=O)[C@H]2[C@@H]3O[C@@]4(C=C3Br)[C@@H]2C(=O)N(CCO)[C@@H]4C1=O. The van der Waals surface area contributed by atoms with Crippen molar-refractivity contribution in [2.24, 2.45) is 11.8 Å². The number of β-amino-alcohol motifs (C(OH)–C–C–N with tert-alkyl or cyclic N) is 1. The first kappa shape index (κ1) is 32.4. The summed E-state index contributed by atoms with van der Waals surface area (Å²) in [5.74, 6) is -4.06. The van der Waals surface area contributed by atoms with E-state index in [1.807, 2.05) is 49.4 Å². The van der Waals surface area contributed by atoms with Crippen LogP contribution in [0.25, 0.3) is 0 Å². The van der Waals surface area contributed by atoms with Gasteiger partial charge in [0.15, 0.2) is 0 Å². The maximum Gasteiger partial charge on any atom is 0.313 e. The summed E-state index contributed by atoms with van der Waals surface area (Å²) < 4.78 is 13.2. The molecule has 0 unspecified atom stereocenters. The molecule has 2 aromatic rings. The van der Waals surface area contributed by atoms with Gasteiger partial charge in [-0.2, -0.15) is 0 Å². The van der Waals surface area contributed by atoms with Gasteiger partial charge in [0.25, 0.3) is 5.91 Å². The van der Waals surface area contributed by atoms with Gasteiger partial charge in [-0.05, 0) is 43.5 Å². The smallest absolute Gasteiger partial charge is 0.313 e. The molecule has 2 saturated heterocycles. The molecule has 1 spiro atoms. The third kappa shape index (κ3) is 5.46. The first-order valence-electron chi connectivity index (χ1n) is 15.3. The number of aryl methyl sites for hydroxylation is 1. The minimum atomic E-state index is -1.51. The maximum absolute atomic E-state index is 14.8. The average molecular weight is 713 g/mol. The van der Waals surface area contributed by atoms with Crippen LogP contribution in [-0.2, 0) is 28.7 Å². The number of carbonyl (C=O) groups excluding carboxylic acids is 4. The van der Waals surface area contributed by atoms with Crippen LogP contribution >= 0.6 is 27.5 Å². The Labute approximate surface area is 280 Å². The van der Waals surface area contributed by atoms with E-state index in [-0.39, 0.29) is 25.4 Å². The lowest BCUT2D eigenvalue weighted by Gasteiger charge is -2.36. The Kier molecular flexibility index (Phi) is 9.13. The van der Waals surface area contributed by atoms with Gasteiger partial charge in [0, 0.05) is 24.0 Å². The van der Waals surface area contributed by atoms with Crippen molar-refractivity contribution >= 4 is 56.9 Å². The number of para-hydroxylation sites is 1. The van der Waals surface area contributed by atoms with E-state index in [1.165, 1.54) is 9.80 Å². The summed E-state index contributed by atoms with van der Waals surface area (Å²) in [6.07, 6.45) is 4.16. The Morgan fingerprint density at radius 2 is 1.80 bits per heavy atom. The number of amides is 3. The molecule has 5 bridgehead atoms. The lowest BCUT2D eigenvalue weighted by atomic mass is 9.74. The lowest BCUT2D eigenvalue weighted by molar-refractivity contribution is -0.161. The number of rotatable bonds is 4. The van der Waals surface area contributed by atoms with Crippen LogP contribution in [0.5, 0.6) is 0 Å². The number of likely N-dealkylation sites (tertiary alicyclic amines) is 1. The molecule has 0 radical (unpaired) electrons. The Morgan fingerprint density at radius 3 is 2.52 bits per heavy atom. The molecule has 6 rings (SSSR count). The number of aliphatic hydroxyl groups excluding tert-OH is 1. The largest absolute Gasteiger partial charge is 0.455 e. The van der Waals surface area contributed by atoms with E-state index in [0.29, 0.717) is 27.2 Å². The molecule has 3 amide bonds. The number of ether oxygens (including phenoxy) is 2. The number of carbonyl (C=O) groups is 4. The van der Waals surface area contributed by atoms with E-state index in [9.17, 15) is 24.3 Å². The molecule has 4 aliphatic rings. The van der Waals surface area contributed by atoms with Gasteiger partial charge in [0.05, 0.1) is 29.3 Å². The molecule has 46 heavy (non-hydrogen) atoms.